The summed E-state index contributed by atoms with van der Waals surface area (Å²) in [5.41, 5.74) is 6.83. The second-order valence-corrected chi connectivity index (χ2v) is 4.72. The number of nitrogens with two attached hydrogens (primary N) is 1. The number of benzene rings is 1. The van der Waals surface area contributed by atoms with E-state index >= 15 is 0 Å². The minimum Gasteiger partial charge on any atom is -0.478 e. The van der Waals surface area contributed by atoms with Crippen LogP contribution in [-0.4, -0.2) is 16.1 Å². The van der Waals surface area contributed by atoms with Gasteiger partial charge in [0.15, 0.2) is 5.82 Å². The van der Waals surface area contributed by atoms with Crippen molar-refractivity contribution < 1.29 is 9.90 Å². The second kappa shape index (κ2) is 5.79. The average Bonchev–Trinajstić information content (AvgIpc) is 2.41. The van der Waals surface area contributed by atoms with Crippen LogP contribution in [-0.2, 0) is 0 Å². The molecular formula is C14H14ClN3O2. The van der Waals surface area contributed by atoms with E-state index < -0.39 is 5.97 Å². The van der Waals surface area contributed by atoms with E-state index in [1.807, 2.05) is 25.1 Å². The van der Waals surface area contributed by atoms with Crippen LogP contribution in [0.2, 0.25) is 5.02 Å². The van der Waals surface area contributed by atoms with Gasteiger partial charge in [-0.1, -0.05) is 29.8 Å². The van der Waals surface area contributed by atoms with Gasteiger partial charge >= 0.3 is 5.97 Å². The van der Waals surface area contributed by atoms with Gasteiger partial charge < -0.3 is 16.2 Å². The van der Waals surface area contributed by atoms with Crippen molar-refractivity contribution in [3.05, 3.63) is 52.7 Å². The predicted molar refractivity (Wildman–Crippen MR) is 79.1 cm³/mol. The monoisotopic (exact) mass is 291 g/mol. The van der Waals surface area contributed by atoms with E-state index in [9.17, 15) is 4.79 Å². The number of nitrogens with one attached hydrogen (secondary N) is 1. The standard InChI is InChI=1S/C14H14ClN3O2/c1-8(9-4-2-3-5-11(9)15)18-13-12(16)10(14(19)20)6-7-17-13/h2-8H,16H2,1H3,(H,17,18)(H,19,20). The number of carbonyl (C=O) groups is 1. The minimum absolute atomic E-state index is 0.0221. The van der Waals surface area contributed by atoms with E-state index in [1.165, 1.54) is 12.3 Å². The van der Waals surface area contributed by atoms with Crippen molar-refractivity contribution >= 4 is 29.1 Å². The summed E-state index contributed by atoms with van der Waals surface area (Å²) in [6, 6.07) is 8.61. The molecule has 0 spiro atoms. The van der Waals surface area contributed by atoms with Crippen molar-refractivity contribution in [1.82, 2.24) is 4.98 Å². The molecule has 1 heterocycles. The first-order valence-electron chi connectivity index (χ1n) is 5.99. The van der Waals surface area contributed by atoms with Gasteiger partial charge in [0.1, 0.15) is 0 Å². The van der Waals surface area contributed by atoms with Gasteiger partial charge in [-0.25, -0.2) is 9.78 Å². The number of halogens is 1. The van der Waals surface area contributed by atoms with Crippen molar-refractivity contribution in [3.8, 4) is 0 Å². The Labute approximate surface area is 121 Å². The van der Waals surface area contributed by atoms with Crippen LogP contribution in [0.3, 0.4) is 0 Å². The van der Waals surface area contributed by atoms with Crippen molar-refractivity contribution in [1.29, 1.82) is 0 Å². The number of nitrogens with zero attached hydrogens (tertiary/aromatic N) is 1. The maximum Gasteiger partial charge on any atom is 0.337 e. The molecule has 1 aromatic carbocycles. The Morgan fingerprint density at radius 1 is 1.40 bits per heavy atom. The first-order chi connectivity index (χ1) is 9.50. The van der Waals surface area contributed by atoms with Crippen molar-refractivity contribution in [2.45, 2.75) is 13.0 Å². The second-order valence-electron chi connectivity index (χ2n) is 4.31. The molecule has 2 aromatic rings. The third kappa shape index (κ3) is 2.83. The third-order valence-electron chi connectivity index (χ3n) is 2.95. The summed E-state index contributed by atoms with van der Waals surface area (Å²) >= 11 is 6.12. The first kappa shape index (κ1) is 14.1. The molecular weight excluding hydrogens is 278 g/mol. The molecule has 0 aliphatic heterocycles. The number of nitrogen functional groups attached to an aromatic ring is 1. The Bertz CT molecular complexity index is 646. The zero-order chi connectivity index (χ0) is 14.7. The maximum absolute atomic E-state index is 11.0. The summed E-state index contributed by atoms with van der Waals surface area (Å²) in [6.45, 7) is 1.90. The molecule has 2 rings (SSSR count). The molecule has 1 atom stereocenters. The molecule has 0 saturated heterocycles. The summed E-state index contributed by atoms with van der Waals surface area (Å²) < 4.78 is 0. The molecule has 104 valence electrons. The Hall–Kier alpha value is -2.27. The number of pyridine rings is 1. The van der Waals surface area contributed by atoms with Crippen molar-refractivity contribution in [3.63, 3.8) is 0 Å². The maximum atomic E-state index is 11.0. The lowest BCUT2D eigenvalue weighted by Gasteiger charge is -2.18. The molecule has 20 heavy (non-hydrogen) atoms. The Morgan fingerprint density at radius 2 is 2.10 bits per heavy atom. The fourth-order valence-corrected chi connectivity index (χ4v) is 2.18. The van der Waals surface area contributed by atoms with E-state index in [0.29, 0.717) is 10.8 Å². The number of carboxylic acids is 1. The van der Waals surface area contributed by atoms with Gasteiger partial charge in [0.2, 0.25) is 0 Å². The molecule has 1 unspecified atom stereocenters. The summed E-state index contributed by atoms with van der Waals surface area (Å²) in [4.78, 5) is 15.1. The molecule has 0 aliphatic rings. The normalized spacial score (nSPS) is 11.9. The Kier molecular flexibility index (Phi) is 4.10. The summed E-state index contributed by atoms with van der Waals surface area (Å²) in [5.74, 6) is -0.754. The van der Waals surface area contributed by atoms with Crippen LogP contribution >= 0.6 is 11.6 Å². The van der Waals surface area contributed by atoms with E-state index in [-0.39, 0.29) is 17.3 Å². The van der Waals surface area contributed by atoms with Gasteiger partial charge in [-0.3, -0.25) is 0 Å². The van der Waals surface area contributed by atoms with Gasteiger partial charge in [-0.15, -0.1) is 0 Å². The van der Waals surface area contributed by atoms with Crippen LogP contribution in [0.25, 0.3) is 0 Å². The minimum atomic E-state index is -1.08. The first-order valence-corrected chi connectivity index (χ1v) is 6.37. The van der Waals surface area contributed by atoms with Crippen LogP contribution in [0, 0.1) is 0 Å². The fourth-order valence-electron chi connectivity index (χ4n) is 1.88. The van der Waals surface area contributed by atoms with Gasteiger partial charge in [-0.05, 0) is 24.6 Å². The number of rotatable bonds is 4. The van der Waals surface area contributed by atoms with Gasteiger partial charge in [0.05, 0.1) is 17.3 Å². The highest BCUT2D eigenvalue weighted by Crippen LogP contribution is 2.28. The highest BCUT2D eigenvalue weighted by molar-refractivity contribution is 6.31. The van der Waals surface area contributed by atoms with Crippen molar-refractivity contribution in [2.24, 2.45) is 0 Å². The molecule has 1 aromatic heterocycles. The molecule has 0 saturated carbocycles. The van der Waals surface area contributed by atoms with E-state index in [4.69, 9.17) is 22.4 Å². The number of carboxylic acid groups (broad SMARTS) is 1. The molecule has 0 aliphatic carbocycles. The number of aromatic nitrogens is 1. The van der Waals surface area contributed by atoms with E-state index in [0.717, 1.165) is 5.56 Å². The van der Waals surface area contributed by atoms with E-state index in [2.05, 4.69) is 10.3 Å². The molecule has 0 amide bonds. The van der Waals surface area contributed by atoms with Crippen LogP contribution in [0.1, 0.15) is 28.9 Å². The SMILES string of the molecule is CC(Nc1nccc(C(=O)O)c1N)c1ccccc1Cl. The van der Waals surface area contributed by atoms with Crippen LogP contribution in [0.4, 0.5) is 11.5 Å². The molecule has 0 radical (unpaired) electrons. The van der Waals surface area contributed by atoms with Crippen LogP contribution < -0.4 is 11.1 Å². The lowest BCUT2D eigenvalue weighted by atomic mass is 10.1. The Balaban J connectivity index is 2.29. The number of aromatic carboxylic acids is 1. The zero-order valence-corrected chi connectivity index (χ0v) is 11.6. The van der Waals surface area contributed by atoms with Crippen LogP contribution in [0.5, 0.6) is 0 Å². The van der Waals surface area contributed by atoms with Crippen LogP contribution in [0.15, 0.2) is 36.5 Å². The lowest BCUT2D eigenvalue weighted by Crippen LogP contribution is -2.12. The smallest absolute Gasteiger partial charge is 0.337 e. The molecule has 4 N–H and O–H groups in total. The summed E-state index contributed by atoms with van der Waals surface area (Å²) in [7, 11) is 0. The van der Waals surface area contributed by atoms with Gasteiger partial charge in [-0.2, -0.15) is 0 Å². The topological polar surface area (TPSA) is 88.2 Å². The summed E-state index contributed by atoms with van der Waals surface area (Å²) in [6.07, 6.45) is 1.40. The molecule has 6 heteroatoms. The molecule has 0 fully saturated rings. The number of anilines is 2. The third-order valence-corrected chi connectivity index (χ3v) is 3.29. The Morgan fingerprint density at radius 3 is 2.75 bits per heavy atom. The fraction of sp³-hybridized carbons (Fsp3) is 0.143. The lowest BCUT2D eigenvalue weighted by molar-refractivity contribution is 0.0698. The zero-order valence-electron chi connectivity index (χ0n) is 10.8. The van der Waals surface area contributed by atoms with E-state index in [1.54, 1.807) is 6.07 Å². The number of hydrogen-bond acceptors (Lipinski definition) is 4. The van der Waals surface area contributed by atoms with Gasteiger partial charge in [0.25, 0.3) is 0 Å². The highest BCUT2D eigenvalue weighted by Gasteiger charge is 2.15. The van der Waals surface area contributed by atoms with Crippen molar-refractivity contribution in [2.75, 3.05) is 11.1 Å². The molecule has 0 bridgehead atoms. The predicted octanol–water partition coefficient (Wildman–Crippen LogP) is 3.19. The average molecular weight is 292 g/mol. The largest absolute Gasteiger partial charge is 0.478 e. The molecule has 5 nitrogen and oxygen atoms in total. The summed E-state index contributed by atoms with van der Waals surface area (Å²) in [5, 5.41) is 12.7. The quantitative estimate of drug-likeness (QED) is 0.805. The number of hydrogen-bond donors (Lipinski definition) is 3. The highest BCUT2D eigenvalue weighted by atomic mass is 35.5. The van der Waals surface area contributed by atoms with Gasteiger partial charge in [0, 0.05) is 11.2 Å².